The molecule has 0 aromatic carbocycles. The Balaban J connectivity index is 2.77. The Hall–Kier alpha value is -1.36. The predicted octanol–water partition coefficient (Wildman–Crippen LogP) is 1.08. The lowest BCUT2D eigenvalue weighted by Gasteiger charge is -2.14. The van der Waals surface area contributed by atoms with E-state index in [2.05, 4.69) is 0 Å². The Morgan fingerprint density at radius 3 is 2.82 bits per heavy atom. The quantitative estimate of drug-likeness (QED) is 0.765. The zero-order chi connectivity index (χ0) is 12.4. The zero-order valence-electron chi connectivity index (χ0n) is 10.1. The first-order chi connectivity index (χ1) is 8.20. The molecule has 2 aromatic rings. The highest BCUT2D eigenvalue weighted by Crippen LogP contribution is 2.12. The van der Waals surface area contributed by atoms with Crippen LogP contribution in [-0.2, 0) is 13.0 Å². The molecule has 92 valence electrons. The molecular weight excluding hydrogens is 236 g/mol. The molecule has 0 atom stereocenters. The maximum Gasteiger partial charge on any atom is 0.348 e. The van der Waals surface area contributed by atoms with Gasteiger partial charge < -0.3 is 5.11 Å². The summed E-state index contributed by atoms with van der Waals surface area (Å²) in [5.41, 5.74) is 0.261. The first-order valence-corrected chi connectivity index (χ1v) is 6.80. The molecule has 0 aliphatic carbocycles. The average molecular weight is 252 g/mol. The van der Waals surface area contributed by atoms with Gasteiger partial charge in [0.15, 0.2) is 0 Å². The molecular formula is C12H16N2O2S. The molecule has 2 aromatic heterocycles. The highest BCUT2D eigenvalue weighted by molar-refractivity contribution is 7.14. The van der Waals surface area contributed by atoms with Crippen LogP contribution < -0.4 is 15.2 Å². The van der Waals surface area contributed by atoms with Gasteiger partial charge >= 0.3 is 10.5 Å². The normalized spacial score (nSPS) is 11.2. The van der Waals surface area contributed by atoms with Crippen molar-refractivity contribution in [2.45, 2.75) is 39.7 Å². The van der Waals surface area contributed by atoms with Crippen LogP contribution in [0.4, 0.5) is 0 Å². The minimum Gasteiger partial charge on any atom is -0.842 e. The van der Waals surface area contributed by atoms with Crippen LogP contribution in [0.1, 0.15) is 32.3 Å². The zero-order valence-corrected chi connectivity index (χ0v) is 10.9. The van der Waals surface area contributed by atoms with E-state index in [-0.39, 0.29) is 11.4 Å². The number of thiazole rings is 1. The summed E-state index contributed by atoms with van der Waals surface area (Å²) in [6.45, 7) is 4.67. The van der Waals surface area contributed by atoms with Gasteiger partial charge in [-0.1, -0.05) is 31.6 Å². The lowest BCUT2D eigenvalue weighted by Crippen LogP contribution is -2.43. The van der Waals surface area contributed by atoms with E-state index in [4.69, 9.17) is 0 Å². The van der Waals surface area contributed by atoms with Crippen LogP contribution in [0, 0.1) is 0 Å². The van der Waals surface area contributed by atoms with Crippen molar-refractivity contribution in [3.05, 3.63) is 27.5 Å². The third-order valence-electron chi connectivity index (χ3n) is 2.75. The molecule has 0 spiro atoms. The number of rotatable bonds is 4. The minimum atomic E-state index is -0.152. The summed E-state index contributed by atoms with van der Waals surface area (Å²) in [6.07, 6.45) is 4.00. The third-order valence-corrected chi connectivity index (χ3v) is 3.63. The van der Waals surface area contributed by atoms with E-state index >= 15 is 0 Å². The molecule has 0 amide bonds. The van der Waals surface area contributed by atoms with Crippen LogP contribution in [0.25, 0.3) is 4.96 Å². The summed E-state index contributed by atoms with van der Waals surface area (Å²) in [5.74, 6) is -0.110. The fourth-order valence-electron chi connectivity index (χ4n) is 1.99. The SMILES string of the molecule is CCCc1c([O-])[n+](CCC)c2sccn2c1=O. The monoisotopic (exact) mass is 252 g/mol. The molecule has 0 saturated carbocycles. The smallest absolute Gasteiger partial charge is 0.348 e. The fourth-order valence-corrected chi connectivity index (χ4v) is 2.86. The Bertz CT molecular complexity index is 586. The van der Waals surface area contributed by atoms with Crippen molar-refractivity contribution in [3.63, 3.8) is 0 Å². The highest BCUT2D eigenvalue weighted by Gasteiger charge is 2.18. The Morgan fingerprint density at radius 2 is 2.18 bits per heavy atom. The molecule has 0 unspecified atom stereocenters. The Kier molecular flexibility index (Phi) is 3.47. The molecule has 0 saturated heterocycles. The topological polar surface area (TPSA) is 48.4 Å². The Morgan fingerprint density at radius 1 is 1.41 bits per heavy atom. The Labute approximate surface area is 104 Å². The second-order valence-electron chi connectivity index (χ2n) is 4.05. The molecule has 17 heavy (non-hydrogen) atoms. The lowest BCUT2D eigenvalue weighted by molar-refractivity contribution is -0.715. The molecule has 0 aliphatic heterocycles. The standard InChI is InChI=1S/C12H16N2O2S/c1-3-5-9-10(15)13(6-4-2)12-14(11(9)16)7-8-17-12/h7-8H,3-6H2,1-2H3. The second kappa shape index (κ2) is 4.87. The summed E-state index contributed by atoms with van der Waals surface area (Å²) in [6, 6.07) is 0. The van der Waals surface area contributed by atoms with Gasteiger partial charge in [0.25, 0.3) is 0 Å². The van der Waals surface area contributed by atoms with Crippen LogP contribution >= 0.6 is 11.3 Å². The number of hydrogen-bond donors (Lipinski definition) is 0. The van der Waals surface area contributed by atoms with Gasteiger partial charge in [-0.3, -0.25) is 0 Å². The van der Waals surface area contributed by atoms with Crippen molar-refractivity contribution in [2.24, 2.45) is 0 Å². The number of fused-ring (bicyclic) bond motifs is 1. The van der Waals surface area contributed by atoms with Crippen molar-refractivity contribution in [2.75, 3.05) is 0 Å². The van der Waals surface area contributed by atoms with Gasteiger partial charge in [0.1, 0.15) is 6.20 Å². The van der Waals surface area contributed by atoms with E-state index in [1.807, 2.05) is 19.2 Å². The van der Waals surface area contributed by atoms with Crippen LogP contribution in [-0.4, -0.2) is 4.40 Å². The molecule has 0 fully saturated rings. The summed E-state index contributed by atoms with van der Waals surface area (Å²) < 4.78 is 3.31. The van der Waals surface area contributed by atoms with Gasteiger partial charge in [0.2, 0.25) is 0 Å². The fraction of sp³-hybridized carbons (Fsp3) is 0.500. The van der Waals surface area contributed by atoms with Crippen LogP contribution in [0.5, 0.6) is 5.88 Å². The van der Waals surface area contributed by atoms with Gasteiger partial charge in [-0.05, 0) is 12.8 Å². The predicted molar refractivity (Wildman–Crippen MR) is 65.5 cm³/mol. The van der Waals surface area contributed by atoms with Crippen LogP contribution in [0.15, 0.2) is 16.4 Å². The van der Waals surface area contributed by atoms with E-state index in [9.17, 15) is 9.90 Å². The van der Waals surface area contributed by atoms with Crippen molar-refractivity contribution in [3.8, 4) is 5.88 Å². The molecule has 2 rings (SSSR count). The van der Waals surface area contributed by atoms with E-state index in [1.165, 1.54) is 11.3 Å². The maximum absolute atomic E-state index is 12.2. The first-order valence-electron chi connectivity index (χ1n) is 5.92. The molecule has 0 bridgehead atoms. The molecule has 4 nitrogen and oxygen atoms in total. The molecule has 5 heteroatoms. The first kappa shape index (κ1) is 12.1. The van der Waals surface area contributed by atoms with E-state index < -0.39 is 0 Å². The van der Waals surface area contributed by atoms with E-state index in [0.29, 0.717) is 18.5 Å². The lowest BCUT2D eigenvalue weighted by atomic mass is 10.2. The minimum absolute atomic E-state index is 0.110. The largest absolute Gasteiger partial charge is 0.842 e. The molecule has 0 radical (unpaired) electrons. The second-order valence-corrected chi connectivity index (χ2v) is 4.92. The average Bonchev–Trinajstić information content (AvgIpc) is 2.79. The van der Waals surface area contributed by atoms with Crippen LogP contribution in [0.2, 0.25) is 0 Å². The third kappa shape index (κ3) is 1.95. The number of nitrogens with zero attached hydrogens (tertiary/aromatic N) is 2. The van der Waals surface area contributed by atoms with Gasteiger partial charge in [-0.25, -0.2) is 9.36 Å². The van der Waals surface area contributed by atoms with E-state index in [1.54, 1.807) is 15.2 Å². The van der Waals surface area contributed by atoms with Crippen molar-refractivity contribution in [1.29, 1.82) is 0 Å². The highest BCUT2D eigenvalue weighted by atomic mass is 32.1. The molecule has 0 N–H and O–H groups in total. The van der Waals surface area contributed by atoms with Crippen molar-refractivity contribution in [1.82, 2.24) is 4.40 Å². The van der Waals surface area contributed by atoms with E-state index in [0.717, 1.165) is 17.8 Å². The van der Waals surface area contributed by atoms with Crippen LogP contribution in [0.3, 0.4) is 0 Å². The molecule has 2 heterocycles. The van der Waals surface area contributed by atoms with Gasteiger partial charge in [-0.15, -0.1) is 0 Å². The van der Waals surface area contributed by atoms with Crippen molar-refractivity contribution >= 4 is 16.3 Å². The summed E-state index contributed by atoms with van der Waals surface area (Å²) >= 11 is 1.43. The maximum atomic E-state index is 12.2. The summed E-state index contributed by atoms with van der Waals surface area (Å²) in [5, 5.41) is 14.1. The van der Waals surface area contributed by atoms with Gasteiger partial charge in [0.05, 0.1) is 18.0 Å². The van der Waals surface area contributed by atoms with Crippen molar-refractivity contribution < 1.29 is 9.67 Å². The number of aromatic nitrogens is 2. The van der Waals surface area contributed by atoms with Gasteiger partial charge in [-0.2, -0.15) is 4.40 Å². The number of hydrogen-bond acceptors (Lipinski definition) is 3. The van der Waals surface area contributed by atoms with Gasteiger partial charge in [0, 0.05) is 5.38 Å². The molecule has 0 aliphatic rings. The summed E-state index contributed by atoms with van der Waals surface area (Å²) in [7, 11) is 0. The summed E-state index contributed by atoms with van der Waals surface area (Å²) in [4.78, 5) is 12.9. The number of aryl methyl sites for hydroxylation is 1.